The van der Waals surface area contributed by atoms with Gasteiger partial charge in [-0.05, 0) is 53.5 Å². The summed E-state index contributed by atoms with van der Waals surface area (Å²) in [4.78, 5) is 0. The van der Waals surface area contributed by atoms with E-state index >= 15 is 0 Å². The summed E-state index contributed by atoms with van der Waals surface area (Å²) in [5.74, 6) is 0. The number of halogens is 2. The maximum absolute atomic E-state index is 10.4. The van der Waals surface area contributed by atoms with Gasteiger partial charge in [0.15, 0.2) is 0 Å². The SMILES string of the molecule is OC1(Cc2cccc(Cl)c2Br)CCNCC1. The molecule has 1 aliphatic rings. The topological polar surface area (TPSA) is 32.3 Å². The second kappa shape index (κ2) is 5.05. The van der Waals surface area contributed by atoms with Gasteiger partial charge in [0, 0.05) is 10.9 Å². The molecule has 0 aromatic heterocycles. The predicted octanol–water partition coefficient (Wildman–Crippen LogP) is 2.76. The van der Waals surface area contributed by atoms with Gasteiger partial charge < -0.3 is 10.4 Å². The fourth-order valence-electron chi connectivity index (χ4n) is 2.11. The third kappa shape index (κ3) is 2.77. The molecule has 1 aliphatic heterocycles. The Bertz CT molecular complexity index is 377. The van der Waals surface area contributed by atoms with Gasteiger partial charge in [-0.1, -0.05) is 23.7 Å². The normalized spacial score (nSPS) is 19.7. The van der Waals surface area contributed by atoms with Gasteiger partial charge in [0.1, 0.15) is 0 Å². The van der Waals surface area contributed by atoms with Crippen LogP contribution in [0.5, 0.6) is 0 Å². The zero-order chi connectivity index (χ0) is 11.6. The summed E-state index contributed by atoms with van der Waals surface area (Å²) < 4.78 is 0.906. The molecule has 0 unspecified atom stereocenters. The van der Waals surface area contributed by atoms with Crippen molar-refractivity contribution in [3.05, 3.63) is 33.3 Å². The Kier molecular flexibility index (Phi) is 3.90. The molecule has 1 fully saturated rings. The van der Waals surface area contributed by atoms with Crippen molar-refractivity contribution in [1.29, 1.82) is 0 Å². The van der Waals surface area contributed by atoms with E-state index in [9.17, 15) is 5.11 Å². The summed E-state index contributed by atoms with van der Waals surface area (Å²) in [5, 5.41) is 14.4. The van der Waals surface area contributed by atoms with Crippen LogP contribution in [0.1, 0.15) is 18.4 Å². The van der Waals surface area contributed by atoms with Crippen molar-refractivity contribution in [3.63, 3.8) is 0 Å². The van der Waals surface area contributed by atoms with E-state index in [2.05, 4.69) is 21.2 Å². The first kappa shape index (κ1) is 12.4. The third-order valence-corrected chi connectivity index (χ3v) is 4.57. The fourth-order valence-corrected chi connectivity index (χ4v) is 2.71. The lowest BCUT2D eigenvalue weighted by Crippen LogP contribution is -2.43. The highest BCUT2D eigenvalue weighted by molar-refractivity contribution is 9.10. The zero-order valence-corrected chi connectivity index (χ0v) is 11.3. The molecule has 0 amide bonds. The number of benzene rings is 1. The number of piperidine rings is 1. The van der Waals surface area contributed by atoms with Crippen molar-refractivity contribution in [2.45, 2.75) is 24.9 Å². The minimum absolute atomic E-state index is 0.585. The molecule has 1 aromatic rings. The summed E-state index contributed by atoms with van der Waals surface area (Å²) in [6.07, 6.45) is 2.26. The molecule has 1 saturated heterocycles. The van der Waals surface area contributed by atoms with E-state index < -0.39 is 5.60 Å². The maximum atomic E-state index is 10.4. The zero-order valence-electron chi connectivity index (χ0n) is 8.97. The maximum Gasteiger partial charge on any atom is 0.0712 e. The molecule has 0 saturated carbocycles. The average molecular weight is 305 g/mol. The van der Waals surface area contributed by atoms with E-state index in [0.717, 1.165) is 36.0 Å². The van der Waals surface area contributed by atoms with Crippen LogP contribution in [0.3, 0.4) is 0 Å². The largest absolute Gasteiger partial charge is 0.389 e. The van der Waals surface area contributed by atoms with Crippen LogP contribution in [-0.2, 0) is 6.42 Å². The molecular formula is C12H15BrClNO. The third-order valence-electron chi connectivity index (χ3n) is 3.09. The first-order valence-electron chi connectivity index (χ1n) is 5.47. The summed E-state index contributed by atoms with van der Waals surface area (Å²) >= 11 is 9.51. The first-order valence-corrected chi connectivity index (χ1v) is 6.64. The summed E-state index contributed by atoms with van der Waals surface area (Å²) in [6.45, 7) is 1.77. The fraction of sp³-hybridized carbons (Fsp3) is 0.500. The average Bonchev–Trinajstić information content (AvgIpc) is 2.26. The smallest absolute Gasteiger partial charge is 0.0712 e. The molecule has 16 heavy (non-hydrogen) atoms. The number of aliphatic hydroxyl groups is 1. The van der Waals surface area contributed by atoms with Crippen molar-refractivity contribution < 1.29 is 5.11 Å². The van der Waals surface area contributed by atoms with Crippen molar-refractivity contribution in [2.75, 3.05) is 13.1 Å². The molecule has 2 N–H and O–H groups in total. The standard InChI is InChI=1S/C12H15BrClNO/c13-11-9(2-1-3-10(11)14)8-12(16)4-6-15-7-5-12/h1-3,15-16H,4-8H2. The lowest BCUT2D eigenvalue weighted by atomic mass is 9.86. The molecule has 0 radical (unpaired) electrons. The quantitative estimate of drug-likeness (QED) is 0.880. The Hall–Kier alpha value is -0.0900. The Morgan fingerprint density at radius 2 is 2.06 bits per heavy atom. The van der Waals surface area contributed by atoms with Gasteiger partial charge >= 0.3 is 0 Å². The van der Waals surface area contributed by atoms with E-state index in [0.29, 0.717) is 11.4 Å². The summed E-state index contributed by atoms with van der Waals surface area (Å²) in [5.41, 5.74) is 0.496. The first-order chi connectivity index (χ1) is 7.61. The molecule has 2 rings (SSSR count). The Morgan fingerprint density at radius 1 is 1.38 bits per heavy atom. The predicted molar refractivity (Wildman–Crippen MR) is 69.9 cm³/mol. The lowest BCUT2D eigenvalue weighted by molar-refractivity contribution is 0.0107. The summed E-state index contributed by atoms with van der Waals surface area (Å²) in [6, 6.07) is 5.78. The van der Waals surface area contributed by atoms with Gasteiger partial charge in [-0.25, -0.2) is 0 Å². The van der Waals surface area contributed by atoms with Crippen LogP contribution >= 0.6 is 27.5 Å². The summed E-state index contributed by atoms with van der Waals surface area (Å²) in [7, 11) is 0. The number of hydrogen-bond donors (Lipinski definition) is 2. The second-order valence-electron chi connectivity index (χ2n) is 4.36. The van der Waals surface area contributed by atoms with E-state index in [1.54, 1.807) is 0 Å². The van der Waals surface area contributed by atoms with E-state index in [4.69, 9.17) is 11.6 Å². The highest BCUT2D eigenvalue weighted by Gasteiger charge is 2.29. The minimum atomic E-state index is -0.585. The molecular weight excluding hydrogens is 289 g/mol. The van der Waals surface area contributed by atoms with Gasteiger partial charge in [-0.2, -0.15) is 0 Å². The van der Waals surface area contributed by atoms with Crippen molar-refractivity contribution in [2.24, 2.45) is 0 Å². The van der Waals surface area contributed by atoms with Crippen LogP contribution < -0.4 is 5.32 Å². The van der Waals surface area contributed by atoms with Crippen molar-refractivity contribution >= 4 is 27.5 Å². The molecule has 0 bridgehead atoms. The van der Waals surface area contributed by atoms with Crippen molar-refractivity contribution in [1.82, 2.24) is 5.32 Å². The number of rotatable bonds is 2. The minimum Gasteiger partial charge on any atom is -0.389 e. The second-order valence-corrected chi connectivity index (χ2v) is 5.56. The lowest BCUT2D eigenvalue weighted by Gasteiger charge is -2.33. The van der Waals surface area contributed by atoms with Gasteiger partial charge in [0.25, 0.3) is 0 Å². The van der Waals surface area contributed by atoms with Crippen LogP contribution in [0.4, 0.5) is 0 Å². The molecule has 1 aromatic carbocycles. The van der Waals surface area contributed by atoms with E-state index in [1.165, 1.54) is 0 Å². The van der Waals surface area contributed by atoms with Gasteiger partial charge in [0.2, 0.25) is 0 Å². The van der Waals surface area contributed by atoms with Crippen molar-refractivity contribution in [3.8, 4) is 0 Å². The van der Waals surface area contributed by atoms with E-state index in [1.807, 2.05) is 18.2 Å². The van der Waals surface area contributed by atoms with Crippen LogP contribution in [0.2, 0.25) is 5.02 Å². The number of nitrogens with one attached hydrogen (secondary N) is 1. The van der Waals surface area contributed by atoms with Crippen LogP contribution in [0, 0.1) is 0 Å². The Balaban J connectivity index is 2.16. The van der Waals surface area contributed by atoms with Crippen LogP contribution in [0.15, 0.2) is 22.7 Å². The van der Waals surface area contributed by atoms with Crippen LogP contribution in [0.25, 0.3) is 0 Å². The molecule has 4 heteroatoms. The van der Waals surface area contributed by atoms with Gasteiger partial charge in [-0.15, -0.1) is 0 Å². The molecule has 0 atom stereocenters. The number of hydrogen-bond acceptors (Lipinski definition) is 2. The molecule has 1 heterocycles. The Labute approximate surface area is 109 Å². The molecule has 0 aliphatic carbocycles. The van der Waals surface area contributed by atoms with Gasteiger partial charge in [-0.3, -0.25) is 0 Å². The van der Waals surface area contributed by atoms with Gasteiger partial charge in [0.05, 0.1) is 10.6 Å². The Morgan fingerprint density at radius 3 is 2.75 bits per heavy atom. The molecule has 0 spiro atoms. The monoisotopic (exact) mass is 303 g/mol. The van der Waals surface area contributed by atoms with Crippen LogP contribution in [-0.4, -0.2) is 23.8 Å². The molecule has 2 nitrogen and oxygen atoms in total. The highest BCUT2D eigenvalue weighted by Crippen LogP contribution is 2.31. The molecule has 88 valence electrons. The highest BCUT2D eigenvalue weighted by atomic mass is 79.9. The van der Waals surface area contributed by atoms with E-state index in [-0.39, 0.29) is 0 Å².